The second-order valence-electron chi connectivity index (χ2n) is 6.47. The Bertz CT molecular complexity index is 545. The van der Waals surface area contributed by atoms with Gasteiger partial charge in [-0.1, -0.05) is 0 Å². The molecule has 1 fully saturated rings. The first-order valence-corrected chi connectivity index (χ1v) is 9.21. The lowest BCUT2D eigenvalue weighted by Gasteiger charge is -2.22. The van der Waals surface area contributed by atoms with E-state index in [-0.39, 0.29) is 18.2 Å². The van der Waals surface area contributed by atoms with Crippen LogP contribution in [0.15, 0.2) is 22.7 Å². The molecule has 1 saturated carbocycles. The van der Waals surface area contributed by atoms with Crippen molar-refractivity contribution in [2.24, 2.45) is 0 Å². The predicted molar refractivity (Wildman–Crippen MR) is 98.3 cm³/mol. The minimum atomic E-state index is -0.468. The largest absolute Gasteiger partial charge is 0.489 e. The molecule has 0 radical (unpaired) electrons. The summed E-state index contributed by atoms with van der Waals surface area (Å²) in [5, 5.41) is 2.92. The van der Waals surface area contributed by atoms with Gasteiger partial charge in [0.05, 0.1) is 4.47 Å². The smallest absolute Gasteiger partial charge is 0.407 e. The summed E-state index contributed by atoms with van der Waals surface area (Å²) in [6.07, 6.45) is 2.41. The lowest BCUT2D eigenvalue weighted by Crippen LogP contribution is -2.38. The molecule has 0 saturated heterocycles. The average molecular weight is 482 g/mol. The number of hydrogen-bond donors (Lipinski definition) is 1. The zero-order valence-electron chi connectivity index (χ0n) is 13.0. The number of ether oxygens (including phenoxy) is 2. The molecule has 0 aromatic heterocycles. The highest BCUT2D eigenvalue weighted by Gasteiger charge is 2.29. The molecule has 0 aliphatic heterocycles. The molecular weight excluding hydrogens is 461 g/mol. The summed E-state index contributed by atoms with van der Waals surface area (Å²) in [7, 11) is 0. The number of carbonyl (C=O) groups excluding carboxylic acids is 1. The number of benzene rings is 1. The second kappa shape index (κ2) is 7.38. The van der Waals surface area contributed by atoms with E-state index in [1.807, 2.05) is 39.0 Å². The molecule has 1 aliphatic rings. The van der Waals surface area contributed by atoms with Crippen LogP contribution in [-0.2, 0) is 4.74 Å². The highest BCUT2D eigenvalue weighted by Crippen LogP contribution is 2.31. The Morgan fingerprint density at radius 2 is 2.09 bits per heavy atom. The van der Waals surface area contributed by atoms with Crippen LogP contribution in [0.4, 0.5) is 4.79 Å². The molecule has 122 valence electrons. The summed E-state index contributed by atoms with van der Waals surface area (Å²) in [6, 6.07) is 6.14. The maximum absolute atomic E-state index is 11.8. The van der Waals surface area contributed by atoms with Crippen molar-refractivity contribution >= 4 is 44.6 Å². The van der Waals surface area contributed by atoms with Crippen molar-refractivity contribution in [2.45, 2.75) is 57.8 Å². The topological polar surface area (TPSA) is 47.6 Å². The molecule has 4 nitrogen and oxygen atoms in total. The number of carbonyl (C=O) groups is 1. The number of nitrogens with one attached hydrogen (secondary N) is 1. The van der Waals surface area contributed by atoms with Crippen LogP contribution < -0.4 is 10.1 Å². The molecule has 22 heavy (non-hydrogen) atoms. The summed E-state index contributed by atoms with van der Waals surface area (Å²) in [5.41, 5.74) is -0.468. The van der Waals surface area contributed by atoms with Gasteiger partial charge in [0.2, 0.25) is 0 Å². The van der Waals surface area contributed by atoms with E-state index in [1.165, 1.54) is 0 Å². The van der Waals surface area contributed by atoms with Crippen molar-refractivity contribution in [2.75, 3.05) is 0 Å². The Hall–Kier alpha value is -0.500. The fraction of sp³-hybridized carbons (Fsp3) is 0.562. The van der Waals surface area contributed by atoms with Crippen molar-refractivity contribution in [1.82, 2.24) is 5.32 Å². The first kappa shape index (κ1) is 17.8. The minimum Gasteiger partial charge on any atom is -0.489 e. The van der Waals surface area contributed by atoms with Crippen LogP contribution in [0, 0.1) is 3.57 Å². The third kappa shape index (κ3) is 5.61. The highest BCUT2D eigenvalue weighted by atomic mass is 127. The molecular formula is C16H21BrINO3. The fourth-order valence-electron chi connectivity index (χ4n) is 2.40. The summed E-state index contributed by atoms with van der Waals surface area (Å²) in [4.78, 5) is 11.8. The number of halogens is 2. The third-order valence-corrected chi connectivity index (χ3v) is 4.58. The molecule has 0 bridgehead atoms. The van der Waals surface area contributed by atoms with E-state index in [0.717, 1.165) is 33.1 Å². The van der Waals surface area contributed by atoms with Crippen LogP contribution in [-0.4, -0.2) is 23.8 Å². The summed E-state index contributed by atoms with van der Waals surface area (Å²) in [5.74, 6) is 0.850. The van der Waals surface area contributed by atoms with E-state index in [9.17, 15) is 4.79 Å². The number of rotatable bonds is 3. The first-order valence-electron chi connectivity index (χ1n) is 7.34. The molecule has 2 rings (SSSR count). The van der Waals surface area contributed by atoms with Crippen LogP contribution in [0.3, 0.4) is 0 Å². The zero-order valence-corrected chi connectivity index (χ0v) is 16.7. The molecule has 0 unspecified atom stereocenters. The van der Waals surface area contributed by atoms with Gasteiger partial charge in [-0.2, -0.15) is 0 Å². The van der Waals surface area contributed by atoms with Gasteiger partial charge >= 0.3 is 6.09 Å². The Kier molecular flexibility index (Phi) is 5.99. The van der Waals surface area contributed by atoms with Crippen molar-refractivity contribution in [3.05, 3.63) is 26.2 Å². The predicted octanol–water partition coefficient (Wildman–Crippen LogP) is 4.88. The van der Waals surface area contributed by atoms with Crippen LogP contribution in [0.25, 0.3) is 0 Å². The molecule has 1 aliphatic carbocycles. The van der Waals surface area contributed by atoms with Crippen molar-refractivity contribution < 1.29 is 14.3 Å². The van der Waals surface area contributed by atoms with Gasteiger partial charge in [0.25, 0.3) is 0 Å². The molecule has 1 amide bonds. The van der Waals surface area contributed by atoms with Gasteiger partial charge in [0, 0.05) is 16.0 Å². The Labute approximate surface area is 153 Å². The average Bonchev–Trinajstić information content (AvgIpc) is 2.77. The number of alkyl carbamates (subject to hydrolysis) is 1. The SMILES string of the molecule is CC(C)(C)OC(=O)N[C@@H]1CC[C@@H](Oc2ccc(I)cc2Br)C1. The molecule has 2 atom stereocenters. The van der Waals surface area contributed by atoms with Crippen LogP contribution in [0.5, 0.6) is 5.75 Å². The van der Waals surface area contributed by atoms with Crippen molar-refractivity contribution in [3.8, 4) is 5.75 Å². The van der Waals surface area contributed by atoms with E-state index >= 15 is 0 Å². The highest BCUT2D eigenvalue weighted by molar-refractivity contribution is 14.1. The van der Waals surface area contributed by atoms with E-state index < -0.39 is 5.60 Å². The fourth-order valence-corrected chi connectivity index (χ4v) is 3.79. The summed E-state index contributed by atoms with van der Waals surface area (Å²) < 4.78 is 13.4. The van der Waals surface area contributed by atoms with Gasteiger partial charge in [-0.3, -0.25) is 0 Å². The first-order chi connectivity index (χ1) is 10.2. The van der Waals surface area contributed by atoms with E-state index in [4.69, 9.17) is 9.47 Å². The van der Waals surface area contributed by atoms with Gasteiger partial charge in [-0.25, -0.2) is 4.79 Å². The van der Waals surface area contributed by atoms with Crippen LogP contribution in [0.2, 0.25) is 0 Å². The van der Waals surface area contributed by atoms with E-state index in [1.54, 1.807) is 0 Å². The van der Waals surface area contributed by atoms with E-state index in [0.29, 0.717) is 0 Å². The third-order valence-electron chi connectivity index (χ3n) is 3.29. The van der Waals surface area contributed by atoms with Gasteiger partial charge in [-0.15, -0.1) is 0 Å². The van der Waals surface area contributed by atoms with Gasteiger partial charge in [-0.05, 0) is 90.3 Å². The molecule has 1 N–H and O–H groups in total. The summed E-state index contributed by atoms with van der Waals surface area (Å²) in [6.45, 7) is 5.59. The standard InChI is InChI=1S/C16H21BrINO3/c1-16(2,3)22-15(20)19-11-5-6-12(9-11)21-14-7-4-10(18)8-13(14)17/h4,7-8,11-12H,5-6,9H2,1-3H3,(H,19,20)/t11-,12-/m1/s1. The lowest BCUT2D eigenvalue weighted by atomic mass is 10.2. The minimum absolute atomic E-state index is 0.113. The quantitative estimate of drug-likeness (QED) is 0.626. The van der Waals surface area contributed by atoms with Crippen LogP contribution in [0.1, 0.15) is 40.0 Å². The Morgan fingerprint density at radius 1 is 1.36 bits per heavy atom. The second-order valence-corrected chi connectivity index (χ2v) is 8.57. The monoisotopic (exact) mass is 481 g/mol. The molecule has 1 aromatic carbocycles. The molecule has 0 heterocycles. The van der Waals surface area contributed by atoms with Crippen molar-refractivity contribution in [1.29, 1.82) is 0 Å². The van der Waals surface area contributed by atoms with E-state index in [2.05, 4.69) is 43.8 Å². The van der Waals surface area contributed by atoms with Crippen LogP contribution >= 0.6 is 38.5 Å². The number of hydrogen-bond acceptors (Lipinski definition) is 3. The van der Waals surface area contributed by atoms with Gasteiger partial charge in [0.15, 0.2) is 0 Å². The lowest BCUT2D eigenvalue weighted by molar-refractivity contribution is 0.0503. The van der Waals surface area contributed by atoms with Crippen molar-refractivity contribution in [3.63, 3.8) is 0 Å². The molecule has 6 heteroatoms. The maximum Gasteiger partial charge on any atom is 0.407 e. The molecule has 1 aromatic rings. The van der Waals surface area contributed by atoms with Gasteiger partial charge in [0.1, 0.15) is 17.5 Å². The normalized spacial score (nSPS) is 21.5. The number of amides is 1. The van der Waals surface area contributed by atoms with Gasteiger partial charge < -0.3 is 14.8 Å². The maximum atomic E-state index is 11.8. The molecule has 0 spiro atoms. The Balaban J connectivity index is 1.84. The Morgan fingerprint density at radius 3 is 2.73 bits per heavy atom. The summed E-state index contributed by atoms with van der Waals surface area (Å²) >= 11 is 5.79. The zero-order chi connectivity index (χ0) is 16.3.